The van der Waals surface area contributed by atoms with Crippen LogP contribution in [-0.4, -0.2) is 30.6 Å². The molecule has 1 heterocycles. The minimum Gasteiger partial charge on any atom is -0.326 e. The molecule has 2 atom stereocenters. The molecule has 15 heavy (non-hydrogen) atoms. The maximum Gasteiger partial charge on any atom is 0.0180 e. The summed E-state index contributed by atoms with van der Waals surface area (Å²) in [5.74, 6) is 0.608. The van der Waals surface area contributed by atoms with Crippen LogP contribution in [0.2, 0.25) is 0 Å². The quantitative estimate of drug-likeness (QED) is 0.814. The molecule has 0 aliphatic carbocycles. The Bertz CT molecular complexity index is 297. The topological polar surface area (TPSA) is 29.3 Å². The van der Waals surface area contributed by atoms with Crippen molar-refractivity contribution < 1.29 is 0 Å². The molecular weight excluding hydrogens is 184 g/mol. The van der Waals surface area contributed by atoms with Gasteiger partial charge in [-0.05, 0) is 24.4 Å². The molecule has 2 rings (SSSR count). The number of nitrogens with zero attached hydrogens (tertiary/aromatic N) is 1. The van der Waals surface area contributed by atoms with E-state index >= 15 is 0 Å². The molecule has 1 aromatic carbocycles. The SMILES string of the molecule is C[C@H](CN1CC[C@@H](N)C1)c1ccccc1. The van der Waals surface area contributed by atoms with Gasteiger partial charge in [0.15, 0.2) is 0 Å². The van der Waals surface area contributed by atoms with Gasteiger partial charge in [-0.3, -0.25) is 0 Å². The summed E-state index contributed by atoms with van der Waals surface area (Å²) in [5.41, 5.74) is 7.33. The highest BCUT2D eigenvalue weighted by molar-refractivity contribution is 5.19. The smallest absolute Gasteiger partial charge is 0.0180 e. The van der Waals surface area contributed by atoms with Crippen LogP contribution in [0.5, 0.6) is 0 Å². The molecule has 1 aliphatic rings. The van der Waals surface area contributed by atoms with E-state index in [1.54, 1.807) is 0 Å². The van der Waals surface area contributed by atoms with Gasteiger partial charge in [0.25, 0.3) is 0 Å². The summed E-state index contributed by atoms with van der Waals surface area (Å²) in [6, 6.07) is 11.1. The summed E-state index contributed by atoms with van der Waals surface area (Å²) in [6.07, 6.45) is 1.15. The second-order valence-electron chi connectivity index (χ2n) is 4.62. The average Bonchev–Trinajstić information content (AvgIpc) is 2.65. The van der Waals surface area contributed by atoms with Crippen LogP contribution in [-0.2, 0) is 0 Å². The fraction of sp³-hybridized carbons (Fsp3) is 0.538. The number of nitrogens with two attached hydrogens (primary N) is 1. The molecule has 2 nitrogen and oxygen atoms in total. The zero-order valence-electron chi connectivity index (χ0n) is 9.39. The summed E-state index contributed by atoms with van der Waals surface area (Å²) in [7, 11) is 0. The molecule has 0 amide bonds. The third-order valence-corrected chi connectivity index (χ3v) is 3.21. The highest BCUT2D eigenvalue weighted by Crippen LogP contribution is 2.18. The number of benzene rings is 1. The Morgan fingerprint density at radius 1 is 1.40 bits per heavy atom. The lowest BCUT2D eigenvalue weighted by Crippen LogP contribution is -2.29. The van der Waals surface area contributed by atoms with Gasteiger partial charge < -0.3 is 10.6 Å². The molecule has 0 bridgehead atoms. The molecular formula is C13H20N2. The maximum absolute atomic E-state index is 5.90. The van der Waals surface area contributed by atoms with E-state index in [9.17, 15) is 0 Å². The molecule has 1 aliphatic heterocycles. The van der Waals surface area contributed by atoms with E-state index in [-0.39, 0.29) is 0 Å². The first kappa shape index (κ1) is 10.7. The van der Waals surface area contributed by atoms with Crippen LogP contribution in [0.3, 0.4) is 0 Å². The number of hydrogen-bond acceptors (Lipinski definition) is 2. The summed E-state index contributed by atoms with van der Waals surface area (Å²) in [4.78, 5) is 2.47. The van der Waals surface area contributed by atoms with Gasteiger partial charge in [-0.15, -0.1) is 0 Å². The standard InChI is InChI=1S/C13H20N2/c1-11(12-5-3-2-4-6-12)9-15-8-7-13(14)10-15/h2-6,11,13H,7-10,14H2,1H3/t11-,13-/m1/s1. The van der Waals surface area contributed by atoms with Crippen LogP contribution in [0.15, 0.2) is 30.3 Å². The molecule has 0 aromatic heterocycles. The van der Waals surface area contributed by atoms with Crippen molar-refractivity contribution >= 4 is 0 Å². The van der Waals surface area contributed by atoms with Crippen molar-refractivity contribution in [1.82, 2.24) is 4.90 Å². The lowest BCUT2D eigenvalue weighted by molar-refractivity contribution is 0.317. The van der Waals surface area contributed by atoms with Crippen molar-refractivity contribution in [3.05, 3.63) is 35.9 Å². The first-order valence-corrected chi connectivity index (χ1v) is 5.78. The lowest BCUT2D eigenvalue weighted by Gasteiger charge is -2.20. The number of likely N-dealkylation sites (tertiary alicyclic amines) is 1. The molecule has 1 aromatic rings. The van der Waals surface area contributed by atoms with Crippen molar-refractivity contribution in [2.75, 3.05) is 19.6 Å². The molecule has 1 fully saturated rings. The maximum atomic E-state index is 5.90. The van der Waals surface area contributed by atoms with Crippen molar-refractivity contribution in [2.24, 2.45) is 5.73 Å². The summed E-state index contributed by atoms with van der Waals surface area (Å²) in [6.45, 7) is 5.66. The monoisotopic (exact) mass is 204 g/mol. The van der Waals surface area contributed by atoms with Gasteiger partial charge in [0, 0.05) is 19.1 Å². The van der Waals surface area contributed by atoms with Gasteiger partial charge >= 0.3 is 0 Å². The van der Waals surface area contributed by atoms with E-state index in [1.807, 2.05) is 0 Å². The molecule has 0 spiro atoms. The Morgan fingerprint density at radius 3 is 2.73 bits per heavy atom. The van der Waals surface area contributed by atoms with Crippen LogP contribution in [0, 0.1) is 0 Å². The van der Waals surface area contributed by atoms with Crippen LogP contribution in [0.1, 0.15) is 24.8 Å². The number of rotatable bonds is 3. The van der Waals surface area contributed by atoms with Gasteiger partial charge in [0.05, 0.1) is 0 Å². The zero-order chi connectivity index (χ0) is 10.7. The van der Waals surface area contributed by atoms with Crippen LogP contribution in [0.25, 0.3) is 0 Å². The van der Waals surface area contributed by atoms with Crippen molar-refractivity contribution in [1.29, 1.82) is 0 Å². The molecule has 0 unspecified atom stereocenters. The van der Waals surface area contributed by atoms with Crippen molar-refractivity contribution in [3.8, 4) is 0 Å². The minimum atomic E-state index is 0.396. The van der Waals surface area contributed by atoms with Gasteiger partial charge in [-0.1, -0.05) is 37.3 Å². The van der Waals surface area contributed by atoms with E-state index in [0.29, 0.717) is 12.0 Å². The average molecular weight is 204 g/mol. The zero-order valence-corrected chi connectivity index (χ0v) is 9.39. The molecule has 1 saturated heterocycles. The Labute approximate surface area is 92.1 Å². The van der Waals surface area contributed by atoms with Crippen LogP contribution >= 0.6 is 0 Å². The predicted octanol–water partition coefficient (Wildman–Crippen LogP) is 1.82. The van der Waals surface area contributed by atoms with E-state index in [1.165, 1.54) is 12.1 Å². The van der Waals surface area contributed by atoms with Gasteiger partial charge in [0.2, 0.25) is 0 Å². The highest BCUT2D eigenvalue weighted by Gasteiger charge is 2.20. The predicted molar refractivity (Wildman–Crippen MR) is 63.9 cm³/mol. The summed E-state index contributed by atoms with van der Waals surface area (Å²) < 4.78 is 0. The normalized spacial score (nSPS) is 24.3. The molecule has 0 saturated carbocycles. The van der Waals surface area contributed by atoms with Crippen molar-refractivity contribution in [2.45, 2.75) is 25.3 Å². The molecule has 2 N–H and O–H groups in total. The minimum absolute atomic E-state index is 0.396. The van der Waals surface area contributed by atoms with E-state index in [0.717, 1.165) is 19.5 Å². The second kappa shape index (κ2) is 4.77. The van der Waals surface area contributed by atoms with E-state index in [2.05, 4.69) is 42.2 Å². The third kappa shape index (κ3) is 2.80. The Morgan fingerprint density at radius 2 is 2.13 bits per heavy atom. The Kier molecular flexibility index (Phi) is 3.39. The largest absolute Gasteiger partial charge is 0.326 e. The fourth-order valence-electron chi connectivity index (χ4n) is 2.30. The van der Waals surface area contributed by atoms with Crippen LogP contribution in [0.4, 0.5) is 0 Å². The summed E-state index contributed by atoms with van der Waals surface area (Å²) in [5, 5.41) is 0. The van der Waals surface area contributed by atoms with E-state index < -0.39 is 0 Å². The highest BCUT2D eigenvalue weighted by atomic mass is 15.2. The molecule has 0 radical (unpaired) electrons. The summed E-state index contributed by atoms with van der Waals surface area (Å²) >= 11 is 0. The first-order chi connectivity index (χ1) is 7.25. The van der Waals surface area contributed by atoms with Gasteiger partial charge in [-0.2, -0.15) is 0 Å². The fourth-order valence-corrected chi connectivity index (χ4v) is 2.30. The van der Waals surface area contributed by atoms with Gasteiger partial charge in [-0.25, -0.2) is 0 Å². The van der Waals surface area contributed by atoms with E-state index in [4.69, 9.17) is 5.73 Å². The third-order valence-electron chi connectivity index (χ3n) is 3.21. The Hall–Kier alpha value is -0.860. The Balaban J connectivity index is 1.90. The van der Waals surface area contributed by atoms with Crippen molar-refractivity contribution in [3.63, 3.8) is 0 Å². The molecule has 82 valence electrons. The van der Waals surface area contributed by atoms with Gasteiger partial charge in [0.1, 0.15) is 0 Å². The molecule has 2 heteroatoms. The number of hydrogen-bond donors (Lipinski definition) is 1. The van der Waals surface area contributed by atoms with Crippen LogP contribution < -0.4 is 5.73 Å². The second-order valence-corrected chi connectivity index (χ2v) is 4.62. The lowest BCUT2D eigenvalue weighted by atomic mass is 10.0. The first-order valence-electron chi connectivity index (χ1n) is 5.78.